The van der Waals surface area contributed by atoms with Gasteiger partial charge in [0.25, 0.3) is 0 Å². The van der Waals surface area contributed by atoms with Crippen LogP contribution in [-0.2, 0) is 16.3 Å². The summed E-state index contributed by atoms with van der Waals surface area (Å²) >= 11 is 0. The number of aryl methyl sites for hydroxylation is 3. The lowest BCUT2D eigenvalue weighted by atomic mass is 10.1. The van der Waals surface area contributed by atoms with Crippen LogP contribution in [0.5, 0.6) is 0 Å². The van der Waals surface area contributed by atoms with Crippen LogP contribution in [0.1, 0.15) is 23.6 Å². The SMILES string of the molecule is CCc1ccc2ncc(S(=O)(=O)c3ccc(C)cc3)c(Nc3ccc(C)cc3)c2c1. The van der Waals surface area contributed by atoms with Crippen molar-refractivity contribution in [1.82, 2.24) is 4.98 Å². The van der Waals surface area contributed by atoms with Gasteiger partial charge in [-0.3, -0.25) is 4.98 Å². The molecule has 3 aromatic carbocycles. The van der Waals surface area contributed by atoms with Crippen molar-refractivity contribution in [2.75, 3.05) is 5.32 Å². The highest BCUT2D eigenvalue weighted by atomic mass is 32.2. The molecule has 0 fully saturated rings. The van der Waals surface area contributed by atoms with Gasteiger partial charge in [0.2, 0.25) is 9.84 Å². The van der Waals surface area contributed by atoms with E-state index in [-0.39, 0.29) is 9.79 Å². The zero-order chi connectivity index (χ0) is 21.3. The highest BCUT2D eigenvalue weighted by Gasteiger charge is 2.24. The Morgan fingerprint density at radius 2 is 1.50 bits per heavy atom. The van der Waals surface area contributed by atoms with E-state index in [0.29, 0.717) is 5.69 Å². The number of nitrogens with one attached hydrogen (secondary N) is 1. The first kappa shape index (κ1) is 20.1. The average molecular weight is 417 g/mol. The molecule has 5 heteroatoms. The number of benzene rings is 3. The summed E-state index contributed by atoms with van der Waals surface area (Å²) in [5.74, 6) is 0. The van der Waals surface area contributed by atoms with Crippen molar-refractivity contribution in [3.8, 4) is 0 Å². The van der Waals surface area contributed by atoms with Crippen LogP contribution in [0.3, 0.4) is 0 Å². The highest BCUT2D eigenvalue weighted by molar-refractivity contribution is 7.91. The number of aromatic nitrogens is 1. The topological polar surface area (TPSA) is 59.1 Å². The van der Waals surface area contributed by atoms with Crippen LogP contribution in [-0.4, -0.2) is 13.4 Å². The van der Waals surface area contributed by atoms with Crippen LogP contribution >= 0.6 is 0 Å². The van der Waals surface area contributed by atoms with Crippen molar-refractivity contribution in [3.05, 3.63) is 89.6 Å². The third kappa shape index (κ3) is 3.81. The van der Waals surface area contributed by atoms with Gasteiger partial charge in [0, 0.05) is 17.3 Å². The second kappa shape index (κ2) is 7.92. The molecule has 0 radical (unpaired) electrons. The summed E-state index contributed by atoms with van der Waals surface area (Å²) in [6.07, 6.45) is 2.31. The Labute approximate surface area is 177 Å². The van der Waals surface area contributed by atoms with E-state index in [1.54, 1.807) is 12.1 Å². The van der Waals surface area contributed by atoms with Crippen LogP contribution < -0.4 is 5.32 Å². The van der Waals surface area contributed by atoms with Crippen LogP contribution in [0.25, 0.3) is 10.9 Å². The molecule has 0 unspecified atom stereocenters. The third-order valence-corrected chi connectivity index (χ3v) is 7.03. The van der Waals surface area contributed by atoms with Crippen LogP contribution in [0.15, 0.2) is 82.7 Å². The maximum Gasteiger partial charge on any atom is 0.210 e. The molecule has 1 heterocycles. The Hall–Kier alpha value is -3.18. The summed E-state index contributed by atoms with van der Waals surface area (Å²) in [4.78, 5) is 4.89. The number of hydrogen-bond acceptors (Lipinski definition) is 4. The number of sulfone groups is 1. The number of nitrogens with zero attached hydrogens (tertiary/aromatic N) is 1. The summed E-state index contributed by atoms with van der Waals surface area (Å²) in [6, 6.07) is 20.8. The lowest BCUT2D eigenvalue weighted by Crippen LogP contribution is -2.07. The summed E-state index contributed by atoms with van der Waals surface area (Å²) in [7, 11) is -3.75. The van der Waals surface area contributed by atoms with Crippen molar-refractivity contribution in [3.63, 3.8) is 0 Å². The van der Waals surface area contributed by atoms with Gasteiger partial charge in [0.05, 0.1) is 16.1 Å². The lowest BCUT2D eigenvalue weighted by molar-refractivity contribution is 0.596. The van der Waals surface area contributed by atoms with E-state index < -0.39 is 9.84 Å². The molecule has 0 saturated heterocycles. The average Bonchev–Trinajstić information content (AvgIpc) is 2.75. The molecule has 4 rings (SSSR count). The zero-order valence-electron chi connectivity index (χ0n) is 17.3. The fourth-order valence-corrected chi connectivity index (χ4v) is 4.77. The molecule has 0 spiro atoms. The molecule has 30 heavy (non-hydrogen) atoms. The molecule has 152 valence electrons. The second-order valence-corrected chi connectivity index (χ2v) is 9.43. The molecule has 0 saturated carbocycles. The van der Waals surface area contributed by atoms with E-state index in [2.05, 4.69) is 17.2 Å². The van der Waals surface area contributed by atoms with Gasteiger partial charge in [-0.15, -0.1) is 0 Å². The maximum absolute atomic E-state index is 13.5. The van der Waals surface area contributed by atoms with E-state index >= 15 is 0 Å². The molecule has 0 bridgehead atoms. The summed E-state index contributed by atoms with van der Waals surface area (Å²) < 4.78 is 27.1. The number of hydrogen-bond donors (Lipinski definition) is 1. The first-order valence-corrected chi connectivity index (χ1v) is 11.4. The standard InChI is InChI=1S/C25H24N2O2S/c1-4-19-9-14-23-22(15-19)25(27-20-10-5-17(2)6-11-20)24(16-26-23)30(28,29)21-12-7-18(3)8-13-21/h5-16H,4H2,1-3H3,(H,26,27). The Bertz CT molecular complexity index is 1310. The number of fused-ring (bicyclic) bond motifs is 1. The molecule has 4 nitrogen and oxygen atoms in total. The van der Waals surface area contributed by atoms with Crippen LogP contribution in [0.2, 0.25) is 0 Å². The van der Waals surface area contributed by atoms with Gasteiger partial charge in [-0.25, -0.2) is 8.42 Å². The number of pyridine rings is 1. The lowest BCUT2D eigenvalue weighted by Gasteiger charge is -2.16. The summed E-state index contributed by atoms with van der Waals surface area (Å²) in [5, 5.41) is 4.16. The molecular weight excluding hydrogens is 392 g/mol. The van der Waals surface area contributed by atoms with Crippen molar-refractivity contribution in [1.29, 1.82) is 0 Å². The fraction of sp³-hybridized carbons (Fsp3) is 0.160. The Balaban J connectivity index is 1.96. The van der Waals surface area contributed by atoms with E-state index in [0.717, 1.165) is 39.7 Å². The van der Waals surface area contributed by atoms with Gasteiger partial charge in [0.1, 0.15) is 4.90 Å². The predicted molar refractivity (Wildman–Crippen MR) is 122 cm³/mol. The molecule has 0 amide bonds. The Morgan fingerprint density at radius 3 is 2.13 bits per heavy atom. The normalized spacial score (nSPS) is 11.6. The quantitative estimate of drug-likeness (QED) is 0.434. The minimum absolute atomic E-state index is 0.174. The van der Waals surface area contributed by atoms with Gasteiger partial charge in [-0.1, -0.05) is 48.4 Å². The van der Waals surface area contributed by atoms with Gasteiger partial charge in [-0.2, -0.15) is 0 Å². The third-order valence-electron chi connectivity index (χ3n) is 5.25. The fourth-order valence-electron chi connectivity index (χ4n) is 3.40. The van der Waals surface area contributed by atoms with E-state index in [9.17, 15) is 8.42 Å². The van der Waals surface area contributed by atoms with E-state index in [1.165, 1.54) is 6.20 Å². The first-order valence-electron chi connectivity index (χ1n) is 9.95. The van der Waals surface area contributed by atoms with Crippen LogP contribution in [0.4, 0.5) is 11.4 Å². The molecule has 0 atom stereocenters. The van der Waals surface area contributed by atoms with Gasteiger partial charge >= 0.3 is 0 Å². The first-order chi connectivity index (χ1) is 14.4. The summed E-state index contributed by atoms with van der Waals surface area (Å²) in [5.41, 5.74) is 5.41. The number of anilines is 2. The highest BCUT2D eigenvalue weighted by Crippen LogP contribution is 2.35. The number of rotatable bonds is 5. The zero-order valence-corrected chi connectivity index (χ0v) is 18.1. The largest absolute Gasteiger partial charge is 0.354 e. The van der Waals surface area contributed by atoms with E-state index in [4.69, 9.17) is 0 Å². The van der Waals surface area contributed by atoms with Crippen molar-refractivity contribution < 1.29 is 8.42 Å². The van der Waals surface area contributed by atoms with Gasteiger partial charge in [-0.05, 0) is 62.2 Å². The molecule has 4 aromatic rings. The minimum Gasteiger partial charge on any atom is -0.354 e. The maximum atomic E-state index is 13.5. The second-order valence-electron chi connectivity index (χ2n) is 7.51. The van der Waals surface area contributed by atoms with Crippen molar-refractivity contribution in [2.24, 2.45) is 0 Å². The molecule has 0 aliphatic heterocycles. The van der Waals surface area contributed by atoms with E-state index in [1.807, 2.05) is 68.4 Å². The van der Waals surface area contributed by atoms with Crippen LogP contribution in [0, 0.1) is 13.8 Å². The molecule has 0 aliphatic carbocycles. The molecule has 1 aromatic heterocycles. The van der Waals surface area contributed by atoms with Crippen molar-refractivity contribution >= 4 is 32.1 Å². The molecule has 0 aliphatic rings. The smallest absolute Gasteiger partial charge is 0.210 e. The summed E-state index contributed by atoms with van der Waals surface area (Å²) in [6.45, 7) is 6.03. The van der Waals surface area contributed by atoms with Crippen molar-refractivity contribution in [2.45, 2.75) is 37.0 Å². The monoisotopic (exact) mass is 416 g/mol. The Morgan fingerprint density at radius 1 is 0.867 bits per heavy atom. The Kier molecular flexibility index (Phi) is 5.31. The molecular formula is C25H24N2O2S. The molecule has 1 N–H and O–H groups in total. The predicted octanol–water partition coefficient (Wildman–Crippen LogP) is 5.99. The van der Waals surface area contributed by atoms with Gasteiger partial charge in [0.15, 0.2) is 0 Å². The van der Waals surface area contributed by atoms with Gasteiger partial charge < -0.3 is 5.32 Å². The minimum atomic E-state index is -3.75.